The fourth-order valence-electron chi connectivity index (χ4n) is 3.97. The van der Waals surface area contributed by atoms with Crippen LogP contribution in [0, 0.1) is 0 Å². The zero-order chi connectivity index (χ0) is 17.4. The Labute approximate surface area is 142 Å². The molecule has 24 heavy (non-hydrogen) atoms. The van der Waals surface area contributed by atoms with Crippen LogP contribution in [0.3, 0.4) is 0 Å². The van der Waals surface area contributed by atoms with E-state index in [1.807, 2.05) is 48.6 Å². The first-order valence-corrected chi connectivity index (χ1v) is 8.05. The van der Waals surface area contributed by atoms with Crippen LogP contribution in [0.4, 0.5) is 0 Å². The van der Waals surface area contributed by atoms with Gasteiger partial charge in [0.1, 0.15) is 11.6 Å². The van der Waals surface area contributed by atoms with Crippen LogP contribution < -0.4 is 0 Å². The van der Waals surface area contributed by atoms with Crippen LogP contribution in [0.15, 0.2) is 48.6 Å². The van der Waals surface area contributed by atoms with Crippen LogP contribution in [0.5, 0.6) is 0 Å². The van der Waals surface area contributed by atoms with E-state index in [9.17, 15) is 9.90 Å². The Hall–Kier alpha value is -1.95. The number of fused-ring (bicyclic) bond motifs is 1. The molecule has 0 fully saturated rings. The van der Waals surface area contributed by atoms with Gasteiger partial charge in [0.15, 0.2) is 0 Å². The number of aliphatic hydroxyl groups excluding tert-OH is 1. The zero-order valence-corrected chi connectivity index (χ0v) is 14.2. The topological polar surface area (TPSA) is 59.0 Å². The summed E-state index contributed by atoms with van der Waals surface area (Å²) < 4.78 is 11.4. The second-order valence-electron chi connectivity index (χ2n) is 6.22. The van der Waals surface area contributed by atoms with E-state index < -0.39 is 17.4 Å². The van der Waals surface area contributed by atoms with Crippen molar-refractivity contribution in [3.05, 3.63) is 59.7 Å². The van der Waals surface area contributed by atoms with E-state index in [0.29, 0.717) is 18.5 Å². The number of hydrogen-bond donors (Lipinski definition) is 1. The average Bonchev–Trinajstić information content (AvgIpc) is 2.95. The molecule has 1 amide bonds. The standard InChI is InChI=1S/C19H23NO4/c1-14(21)19(23-2,24-3)18(11-7-4-8-12-18)20-13-15-9-5-6-10-16(15)17(20)22/h4-11,14,21H,12-13H2,1-3H3. The monoisotopic (exact) mass is 329 g/mol. The Bertz CT molecular complexity index is 690. The maximum Gasteiger partial charge on any atom is 0.255 e. The number of hydrogen-bond acceptors (Lipinski definition) is 4. The van der Waals surface area contributed by atoms with Crippen molar-refractivity contribution in [1.82, 2.24) is 4.90 Å². The predicted molar refractivity (Wildman–Crippen MR) is 90.4 cm³/mol. The fourth-order valence-corrected chi connectivity index (χ4v) is 3.97. The van der Waals surface area contributed by atoms with E-state index in [1.165, 1.54) is 14.2 Å². The summed E-state index contributed by atoms with van der Waals surface area (Å²) in [6, 6.07) is 7.57. The first-order valence-electron chi connectivity index (χ1n) is 8.05. The molecule has 2 aliphatic rings. The van der Waals surface area contributed by atoms with Crippen molar-refractivity contribution in [3.8, 4) is 0 Å². The molecule has 1 aromatic carbocycles. The van der Waals surface area contributed by atoms with Crippen LogP contribution in [0.1, 0.15) is 29.3 Å². The van der Waals surface area contributed by atoms with Gasteiger partial charge in [-0.3, -0.25) is 4.79 Å². The molecule has 0 saturated carbocycles. The Kier molecular flexibility index (Phi) is 4.34. The van der Waals surface area contributed by atoms with E-state index in [1.54, 1.807) is 11.8 Å². The lowest BCUT2D eigenvalue weighted by molar-refractivity contribution is -0.301. The minimum Gasteiger partial charge on any atom is -0.388 e. The Morgan fingerprint density at radius 1 is 1.25 bits per heavy atom. The van der Waals surface area contributed by atoms with Gasteiger partial charge in [0.25, 0.3) is 5.91 Å². The number of carbonyl (C=O) groups excluding carboxylic acids is 1. The summed E-state index contributed by atoms with van der Waals surface area (Å²) in [6.45, 7) is 2.07. The zero-order valence-electron chi connectivity index (χ0n) is 14.2. The van der Waals surface area contributed by atoms with E-state index in [2.05, 4.69) is 0 Å². The summed E-state index contributed by atoms with van der Waals surface area (Å²) in [5.74, 6) is -1.45. The highest BCUT2D eigenvalue weighted by Crippen LogP contribution is 2.44. The molecule has 0 saturated heterocycles. The third kappa shape index (κ3) is 2.16. The molecule has 2 atom stereocenters. The van der Waals surface area contributed by atoms with Crippen LogP contribution in [0.2, 0.25) is 0 Å². The van der Waals surface area contributed by atoms with Crippen molar-refractivity contribution >= 4 is 5.91 Å². The highest BCUT2D eigenvalue weighted by atomic mass is 16.7. The fraction of sp³-hybridized carbons (Fsp3) is 0.421. The number of carbonyl (C=O) groups is 1. The van der Waals surface area contributed by atoms with Gasteiger partial charge in [0, 0.05) is 26.3 Å². The summed E-state index contributed by atoms with van der Waals surface area (Å²) in [4.78, 5) is 14.8. The Morgan fingerprint density at radius 3 is 2.50 bits per heavy atom. The highest BCUT2D eigenvalue weighted by Gasteiger charge is 2.60. The number of methoxy groups -OCH3 is 2. The van der Waals surface area contributed by atoms with Crippen LogP contribution >= 0.6 is 0 Å². The lowest BCUT2D eigenvalue weighted by atomic mass is 9.78. The molecule has 1 aromatic rings. The smallest absolute Gasteiger partial charge is 0.255 e. The molecule has 0 spiro atoms. The molecule has 0 bridgehead atoms. The SMILES string of the molecule is COC(OC)(C(C)O)C1(N2Cc3ccccc3C2=O)C=CC=CC1. The second-order valence-corrected chi connectivity index (χ2v) is 6.22. The number of allylic oxidation sites excluding steroid dienone is 2. The Morgan fingerprint density at radius 2 is 1.96 bits per heavy atom. The maximum atomic E-state index is 13.1. The van der Waals surface area contributed by atoms with Crippen LogP contribution in [0.25, 0.3) is 0 Å². The summed E-state index contributed by atoms with van der Waals surface area (Å²) in [5, 5.41) is 10.5. The molecule has 1 aliphatic heterocycles. The lowest BCUT2D eigenvalue weighted by Crippen LogP contribution is -2.69. The van der Waals surface area contributed by atoms with Crippen molar-refractivity contribution in [2.45, 2.75) is 37.3 Å². The van der Waals surface area contributed by atoms with Gasteiger partial charge in [0.05, 0.1) is 0 Å². The molecule has 5 nitrogen and oxygen atoms in total. The molecule has 1 heterocycles. The van der Waals surface area contributed by atoms with Crippen molar-refractivity contribution in [1.29, 1.82) is 0 Å². The largest absolute Gasteiger partial charge is 0.388 e. The molecule has 0 aromatic heterocycles. The molecule has 0 radical (unpaired) electrons. The van der Waals surface area contributed by atoms with Gasteiger partial charge in [-0.2, -0.15) is 0 Å². The third-order valence-corrected chi connectivity index (χ3v) is 5.11. The van der Waals surface area contributed by atoms with Crippen molar-refractivity contribution < 1.29 is 19.4 Å². The van der Waals surface area contributed by atoms with Crippen molar-refractivity contribution in [3.63, 3.8) is 0 Å². The summed E-state index contributed by atoms with van der Waals surface area (Å²) in [7, 11) is 3.00. The van der Waals surface area contributed by atoms with Crippen molar-refractivity contribution in [2.75, 3.05) is 14.2 Å². The number of ether oxygens (including phenoxy) is 2. The van der Waals surface area contributed by atoms with E-state index in [-0.39, 0.29) is 5.91 Å². The lowest BCUT2D eigenvalue weighted by Gasteiger charge is -2.53. The quantitative estimate of drug-likeness (QED) is 0.842. The van der Waals surface area contributed by atoms with Crippen LogP contribution in [-0.4, -0.2) is 47.6 Å². The third-order valence-electron chi connectivity index (χ3n) is 5.11. The minimum atomic E-state index is -1.37. The summed E-state index contributed by atoms with van der Waals surface area (Å²) in [6.07, 6.45) is 7.21. The van der Waals surface area contributed by atoms with Crippen LogP contribution in [-0.2, 0) is 16.0 Å². The van der Waals surface area contributed by atoms with E-state index in [0.717, 1.165) is 5.56 Å². The molecule has 2 unspecified atom stereocenters. The van der Waals surface area contributed by atoms with E-state index in [4.69, 9.17) is 9.47 Å². The molecule has 1 aliphatic carbocycles. The molecule has 1 N–H and O–H groups in total. The normalized spacial score (nSPS) is 24.3. The molecule has 5 heteroatoms. The molecule has 128 valence electrons. The summed E-state index contributed by atoms with van der Waals surface area (Å²) >= 11 is 0. The van der Waals surface area contributed by atoms with Gasteiger partial charge in [-0.05, 0) is 25.0 Å². The predicted octanol–water partition coefficient (Wildman–Crippen LogP) is 2.27. The number of rotatable bonds is 5. The van der Waals surface area contributed by atoms with Gasteiger partial charge >= 0.3 is 0 Å². The maximum absolute atomic E-state index is 13.1. The van der Waals surface area contributed by atoms with Gasteiger partial charge < -0.3 is 19.5 Å². The van der Waals surface area contributed by atoms with E-state index >= 15 is 0 Å². The number of aliphatic hydroxyl groups is 1. The van der Waals surface area contributed by atoms with Crippen molar-refractivity contribution in [2.24, 2.45) is 0 Å². The van der Waals surface area contributed by atoms with Gasteiger partial charge in [-0.25, -0.2) is 0 Å². The number of amides is 1. The molecule has 3 rings (SSSR count). The minimum absolute atomic E-state index is 0.0790. The second kappa shape index (κ2) is 6.16. The number of benzene rings is 1. The Balaban J connectivity index is 2.14. The molecular weight excluding hydrogens is 306 g/mol. The summed E-state index contributed by atoms with van der Waals surface area (Å²) in [5.41, 5.74) is 0.721. The first-order chi connectivity index (χ1) is 11.5. The number of nitrogens with zero attached hydrogens (tertiary/aromatic N) is 1. The van der Waals surface area contributed by atoms with Gasteiger partial charge in [-0.15, -0.1) is 0 Å². The first kappa shape index (κ1) is 16.9. The van der Waals surface area contributed by atoms with Gasteiger partial charge in [0.2, 0.25) is 5.79 Å². The molecular formula is C19H23NO4. The average molecular weight is 329 g/mol. The highest BCUT2D eigenvalue weighted by molar-refractivity contribution is 5.99. The van der Waals surface area contributed by atoms with Gasteiger partial charge in [-0.1, -0.05) is 42.5 Å².